The zero-order valence-electron chi connectivity index (χ0n) is 16.0. The number of hydrogen-bond acceptors (Lipinski definition) is 5. The summed E-state index contributed by atoms with van der Waals surface area (Å²) in [5.74, 6) is 1.48. The molecule has 1 aliphatic carbocycles. The van der Waals surface area contributed by atoms with Gasteiger partial charge in [0.05, 0.1) is 24.1 Å². The zero-order chi connectivity index (χ0) is 19.1. The molecule has 6 nitrogen and oxygen atoms in total. The Bertz CT molecular complexity index is 1020. The summed E-state index contributed by atoms with van der Waals surface area (Å²) in [6.45, 7) is 5.74. The van der Waals surface area contributed by atoms with Crippen LogP contribution in [0.4, 0.5) is 0 Å². The molecule has 0 spiro atoms. The SMILES string of the molecule is COc1ccccc1C1CC(=O)c2c(C)nn(-c3nc(C)cc(C)n3)c2C1. The van der Waals surface area contributed by atoms with Crippen LogP contribution in [-0.4, -0.2) is 32.6 Å². The van der Waals surface area contributed by atoms with Gasteiger partial charge in [-0.05, 0) is 44.9 Å². The maximum Gasteiger partial charge on any atom is 0.251 e. The molecule has 1 atom stereocenters. The number of nitrogens with zero attached hydrogens (tertiary/aromatic N) is 4. The van der Waals surface area contributed by atoms with Gasteiger partial charge in [0.25, 0.3) is 5.95 Å². The molecule has 6 heteroatoms. The van der Waals surface area contributed by atoms with Gasteiger partial charge in [0.2, 0.25) is 0 Å². The van der Waals surface area contributed by atoms with E-state index in [4.69, 9.17) is 4.74 Å². The largest absolute Gasteiger partial charge is 0.496 e. The van der Waals surface area contributed by atoms with Crippen LogP contribution in [0.15, 0.2) is 30.3 Å². The quantitative estimate of drug-likeness (QED) is 0.713. The lowest BCUT2D eigenvalue weighted by Crippen LogP contribution is -2.21. The number of ether oxygens (including phenoxy) is 1. The number of methoxy groups -OCH3 is 1. The summed E-state index contributed by atoms with van der Waals surface area (Å²) < 4.78 is 7.26. The highest BCUT2D eigenvalue weighted by atomic mass is 16.5. The molecule has 0 saturated carbocycles. The Morgan fingerprint density at radius 3 is 2.48 bits per heavy atom. The van der Waals surface area contributed by atoms with Crippen molar-refractivity contribution in [1.82, 2.24) is 19.7 Å². The van der Waals surface area contributed by atoms with Gasteiger partial charge in [-0.15, -0.1) is 0 Å². The van der Waals surface area contributed by atoms with Crippen molar-refractivity contribution in [1.29, 1.82) is 0 Å². The van der Waals surface area contributed by atoms with Crippen molar-refractivity contribution in [2.24, 2.45) is 0 Å². The molecular formula is C21H22N4O2. The Morgan fingerprint density at radius 2 is 1.78 bits per heavy atom. The van der Waals surface area contributed by atoms with Crippen molar-refractivity contribution < 1.29 is 9.53 Å². The lowest BCUT2D eigenvalue weighted by molar-refractivity contribution is 0.0963. The van der Waals surface area contributed by atoms with Crippen LogP contribution in [-0.2, 0) is 6.42 Å². The van der Waals surface area contributed by atoms with E-state index >= 15 is 0 Å². The number of Topliss-reactive ketones (excluding diaryl/α,β-unsaturated/α-hetero) is 1. The van der Waals surface area contributed by atoms with E-state index in [1.807, 2.05) is 51.1 Å². The van der Waals surface area contributed by atoms with Crippen molar-refractivity contribution >= 4 is 5.78 Å². The van der Waals surface area contributed by atoms with Crippen molar-refractivity contribution in [3.05, 3.63) is 64.2 Å². The van der Waals surface area contributed by atoms with Crippen LogP contribution in [0.25, 0.3) is 5.95 Å². The molecular weight excluding hydrogens is 340 g/mol. The summed E-state index contributed by atoms with van der Waals surface area (Å²) in [7, 11) is 1.66. The van der Waals surface area contributed by atoms with Crippen LogP contribution in [0, 0.1) is 20.8 Å². The Hall–Kier alpha value is -3.02. The summed E-state index contributed by atoms with van der Waals surface area (Å²) in [6, 6.07) is 9.81. The standard InChI is InChI=1S/C21H22N4O2/c1-12-9-13(2)23-21(22-12)25-17-10-15(11-18(26)20(17)14(3)24-25)16-7-5-6-8-19(16)27-4/h5-9,15H,10-11H2,1-4H3. The van der Waals surface area contributed by atoms with Gasteiger partial charge in [-0.2, -0.15) is 5.10 Å². The Morgan fingerprint density at radius 1 is 1.07 bits per heavy atom. The van der Waals surface area contributed by atoms with Crippen molar-refractivity contribution in [2.75, 3.05) is 7.11 Å². The van der Waals surface area contributed by atoms with E-state index in [0.29, 0.717) is 24.4 Å². The Kier molecular flexibility index (Phi) is 4.26. The van der Waals surface area contributed by atoms with E-state index in [2.05, 4.69) is 15.1 Å². The van der Waals surface area contributed by atoms with Crippen LogP contribution in [0.5, 0.6) is 5.75 Å². The number of aryl methyl sites for hydroxylation is 3. The number of fused-ring (bicyclic) bond motifs is 1. The second-order valence-electron chi connectivity index (χ2n) is 7.04. The topological polar surface area (TPSA) is 69.9 Å². The smallest absolute Gasteiger partial charge is 0.251 e. The highest BCUT2D eigenvalue weighted by molar-refractivity contribution is 6.00. The third-order valence-corrected chi connectivity index (χ3v) is 5.05. The van der Waals surface area contributed by atoms with Gasteiger partial charge in [-0.1, -0.05) is 18.2 Å². The van der Waals surface area contributed by atoms with Crippen molar-refractivity contribution in [3.8, 4) is 11.7 Å². The van der Waals surface area contributed by atoms with Crippen molar-refractivity contribution in [2.45, 2.75) is 39.5 Å². The molecule has 2 heterocycles. The first-order valence-corrected chi connectivity index (χ1v) is 9.05. The van der Waals surface area contributed by atoms with E-state index in [9.17, 15) is 4.79 Å². The molecule has 4 rings (SSSR count). The average Bonchev–Trinajstić information content (AvgIpc) is 2.98. The number of aromatic nitrogens is 4. The maximum absolute atomic E-state index is 12.9. The van der Waals surface area contributed by atoms with E-state index in [0.717, 1.165) is 34.1 Å². The summed E-state index contributed by atoms with van der Waals surface area (Å²) in [5, 5.41) is 4.61. The Labute approximate surface area is 158 Å². The molecule has 2 aromatic heterocycles. The fraction of sp³-hybridized carbons (Fsp3) is 0.333. The minimum absolute atomic E-state index is 0.0434. The number of benzene rings is 1. The molecule has 0 fully saturated rings. The van der Waals surface area contributed by atoms with Gasteiger partial charge in [0.1, 0.15) is 5.75 Å². The first-order chi connectivity index (χ1) is 13.0. The first kappa shape index (κ1) is 17.4. The third-order valence-electron chi connectivity index (χ3n) is 5.05. The summed E-state index contributed by atoms with van der Waals surface area (Å²) >= 11 is 0. The van der Waals surface area contributed by atoms with Gasteiger partial charge >= 0.3 is 0 Å². The monoisotopic (exact) mass is 362 g/mol. The van der Waals surface area contributed by atoms with E-state index in [1.165, 1.54) is 0 Å². The lowest BCUT2D eigenvalue weighted by atomic mass is 9.81. The van der Waals surface area contributed by atoms with Crippen molar-refractivity contribution in [3.63, 3.8) is 0 Å². The van der Waals surface area contributed by atoms with E-state index < -0.39 is 0 Å². The molecule has 0 amide bonds. The second kappa shape index (κ2) is 6.61. The Balaban J connectivity index is 1.83. The second-order valence-corrected chi connectivity index (χ2v) is 7.04. The number of para-hydroxylation sites is 1. The zero-order valence-corrected chi connectivity index (χ0v) is 16.0. The molecule has 0 N–H and O–H groups in total. The number of rotatable bonds is 3. The van der Waals surface area contributed by atoms with E-state index in [1.54, 1.807) is 11.8 Å². The van der Waals surface area contributed by atoms with Gasteiger partial charge in [0, 0.05) is 23.7 Å². The molecule has 0 saturated heterocycles. The molecule has 0 bridgehead atoms. The number of carbonyl (C=O) groups is 1. The predicted molar refractivity (Wildman–Crippen MR) is 102 cm³/mol. The first-order valence-electron chi connectivity index (χ1n) is 9.05. The molecule has 0 aliphatic heterocycles. The molecule has 1 aromatic carbocycles. The third kappa shape index (κ3) is 3.01. The van der Waals surface area contributed by atoms with Gasteiger partial charge in [-0.25, -0.2) is 14.6 Å². The number of ketones is 1. The molecule has 3 aromatic rings. The van der Waals surface area contributed by atoms with Gasteiger partial charge < -0.3 is 4.74 Å². The lowest BCUT2D eigenvalue weighted by Gasteiger charge is -2.24. The highest BCUT2D eigenvalue weighted by Crippen LogP contribution is 2.38. The molecule has 0 radical (unpaired) electrons. The molecule has 1 unspecified atom stereocenters. The summed E-state index contributed by atoms with van der Waals surface area (Å²) in [4.78, 5) is 22.0. The van der Waals surface area contributed by atoms with E-state index in [-0.39, 0.29) is 11.7 Å². The molecule has 27 heavy (non-hydrogen) atoms. The van der Waals surface area contributed by atoms with Crippen LogP contribution in [0.2, 0.25) is 0 Å². The fourth-order valence-corrected chi connectivity index (χ4v) is 3.95. The van der Waals surface area contributed by atoms with Crippen LogP contribution < -0.4 is 4.74 Å². The summed E-state index contributed by atoms with van der Waals surface area (Å²) in [6.07, 6.45) is 1.15. The van der Waals surface area contributed by atoms with Crippen LogP contribution in [0.1, 0.15) is 51.0 Å². The van der Waals surface area contributed by atoms with Gasteiger partial charge in [0.15, 0.2) is 5.78 Å². The minimum atomic E-state index is 0.0434. The number of carbonyl (C=O) groups excluding carboxylic acids is 1. The summed E-state index contributed by atoms with van der Waals surface area (Å²) in [5.41, 5.74) is 5.13. The fourth-order valence-electron chi connectivity index (χ4n) is 3.95. The number of hydrogen-bond donors (Lipinski definition) is 0. The molecule has 138 valence electrons. The highest BCUT2D eigenvalue weighted by Gasteiger charge is 2.33. The van der Waals surface area contributed by atoms with Crippen LogP contribution >= 0.6 is 0 Å². The normalized spacial score (nSPS) is 16.3. The average molecular weight is 362 g/mol. The molecule has 1 aliphatic rings. The minimum Gasteiger partial charge on any atom is -0.496 e. The maximum atomic E-state index is 12.9. The van der Waals surface area contributed by atoms with Crippen LogP contribution in [0.3, 0.4) is 0 Å². The van der Waals surface area contributed by atoms with Gasteiger partial charge in [-0.3, -0.25) is 4.79 Å². The predicted octanol–water partition coefficient (Wildman–Crippen LogP) is 3.51.